The molecule has 0 bridgehead atoms. The van der Waals surface area contributed by atoms with E-state index in [1.165, 1.54) is 0 Å². The van der Waals surface area contributed by atoms with Gasteiger partial charge in [-0.05, 0) is 36.8 Å². The van der Waals surface area contributed by atoms with Crippen molar-refractivity contribution in [2.75, 3.05) is 7.05 Å². The normalized spacial score (nSPS) is 10.3. The number of nitrogens with zero attached hydrogens (tertiary/aromatic N) is 5. The summed E-state index contributed by atoms with van der Waals surface area (Å²) in [6.45, 7) is 2.40. The molecule has 6 nitrogen and oxygen atoms in total. The van der Waals surface area contributed by atoms with E-state index in [1.807, 2.05) is 37.3 Å². The SMILES string of the molecule is Cc1ccc(-n2cc(C(=O)N(C)Cc3cccc(C#N)c3)nn2)cc1. The van der Waals surface area contributed by atoms with Gasteiger partial charge in [0.15, 0.2) is 5.69 Å². The van der Waals surface area contributed by atoms with Crippen LogP contribution in [-0.2, 0) is 6.54 Å². The Morgan fingerprint density at radius 1 is 1.24 bits per heavy atom. The Kier molecular flexibility index (Phi) is 4.57. The summed E-state index contributed by atoms with van der Waals surface area (Å²) >= 11 is 0. The fraction of sp³-hybridized carbons (Fsp3) is 0.158. The molecule has 124 valence electrons. The average Bonchev–Trinajstić information content (AvgIpc) is 3.12. The van der Waals surface area contributed by atoms with Gasteiger partial charge in [0.05, 0.1) is 23.5 Å². The molecule has 0 spiro atoms. The molecule has 3 rings (SSSR count). The van der Waals surface area contributed by atoms with Gasteiger partial charge in [0.2, 0.25) is 0 Å². The number of hydrogen-bond acceptors (Lipinski definition) is 4. The summed E-state index contributed by atoms with van der Waals surface area (Å²) in [5.74, 6) is -0.222. The quantitative estimate of drug-likeness (QED) is 0.737. The molecule has 3 aromatic rings. The predicted octanol–water partition coefficient (Wildman–Crippen LogP) is 2.72. The van der Waals surface area contributed by atoms with E-state index in [0.717, 1.165) is 16.8 Å². The molecular weight excluding hydrogens is 314 g/mol. The molecular formula is C19H17N5O. The fourth-order valence-electron chi connectivity index (χ4n) is 2.47. The molecule has 25 heavy (non-hydrogen) atoms. The Morgan fingerprint density at radius 3 is 2.72 bits per heavy atom. The summed E-state index contributed by atoms with van der Waals surface area (Å²) in [6, 6.07) is 17.1. The molecule has 0 saturated heterocycles. The molecule has 1 aromatic heterocycles. The van der Waals surface area contributed by atoms with Crippen LogP contribution >= 0.6 is 0 Å². The van der Waals surface area contributed by atoms with Crippen LogP contribution in [0.5, 0.6) is 0 Å². The maximum atomic E-state index is 12.5. The van der Waals surface area contributed by atoms with E-state index in [-0.39, 0.29) is 11.6 Å². The van der Waals surface area contributed by atoms with Crippen LogP contribution in [0.1, 0.15) is 27.2 Å². The minimum atomic E-state index is -0.222. The molecule has 2 aromatic carbocycles. The summed E-state index contributed by atoms with van der Waals surface area (Å²) < 4.78 is 1.58. The maximum absolute atomic E-state index is 12.5. The van der Waals surface area contributed by atoms with Gasteiger partial charge in [-0.2, -0.15) is 5.26 Å². The number of aromatic nitrogens is 3. The van der Waals surface area contributed by atoms with E-state index in [0.29, 0.717) is 12.1 Å². The lowest BCUT2D eigenvalue weighted by Crippen LogP contribution is -2.26. The Hall–Kier alpha value is -3.46. The predicted molar refractivity (Wildman–Crippen MR) is 93.1 cm³/mol. The van der Waals surface area contributed by atoms with Crippen molar-refractivity contribution in [2.24, 2.45) is 0 Å². The smallest absolute Gasteiger partial charge is 0.276 e. The lowest BCUT2D eigenvalue weighted by atomic mass is 10.1. The van der Waals surface area contributed by atoms with Crippen LogP contribution in [0.2, 0.25) is 0 Å². The Labute approximate surface area is 145 Å². The van der Waals surface area contributed by atoms with Crippen LogP contribution in [0.3, 0.4) is 0 Å². The van der Waals surface area contributed by atoms with E-state index in [1.54, 1.807) is 41.0 Å². The van der Waals surface area contributed by atoms with Crippen LogP contribution in [0.4, 0.5) is 0 Å². The Balaban J connectivity index is 1.74. The highest BCUT2D eigenvalue weighted by Crippen LogP contribution is 2.11. The van der Waals surface area contributed by atoms with Crippen LogP contribution in [0.25, 0.3) is 5.69 Å². The first-order chi connectivity index (χ1) is 12.1. The molecule has 1 heterocycles. The Bertz CT molecular complexity index is 937. The van der Waals surface area contributed by atoms with Crippen LogP contribution < -0.4 is 0 Å². The second-order valence-corrected chi connectivity index (χ2v) is 5.86. The number of carbonyl (C=O) groups is 1. The standard InChI is InChI=1S/C19H17N5O/c1-14-6-8-17(9-7-14)24-13-18(21-22-24)19(25)23(2)12-16-5-3-4-15(10-16)11-20/h3-10,13H,12H2,1-2H3. The molecule has 0 saturated carbocycles. The minimum absolute atomic E-state index is 0.222. The number of amides is 1. The molecule has 1 amide bonds. The van der Waals surface area contributed by atoms with Gasteiger partial charge in [0, 0.05) is 13.6 Å². The van der Waals surface area contributed by atoms with Crippen LogP contribution in [-0.4, -0.2) is 32.8 Å². The first kappa shape index (κ1) is 16.4. The number of benzene rings is 2. The van der Waals surface area contributed by atoms with E-state index < -0.39 is 0 Å². The highest BCUT2D eigenvalue weighted by molar-refractivity contribution is 5.91. The van der Waals surface area contributed by atoms with Crippen LogP contribution in [0.15, 0.2) is 54.7 Å². The third-order valence-electron chi connectivity index (χ3n) is 3.83. The van der Waals surface area contributed by atoms with Gasteiger partial charge in [0.25, 0.3) is 5.91 Å². The summed E-state index contributed by atoms with van der Waals surface area (Å²) in [5, 5.41) is 17.0. The van der Waals surface area contributed by atoms with Gasteiger partial charge in [0.1, 0.15) is 0 Å². The highest BCUT2D eigenvalue weighted by atomic mass is 16.2. The van der Waals surface area contributed by atoms with Crippen molar-refractivity contribution in [1.82, 2.24) is 19.9 Å². The van der Waals surface area contributed by atoms with E-state index in [4.69, 9.17) is 5.26 Å². The number of aryl methyl sites for hydroxylation is 1. The van der Waals surface area contributed by atoms with Crippen molar-refractivity contribution >= 4 is 5.91 Å². The largest absolute Gasteiger partial charge is 0.336 e. The summed E-state index contributed by atoms with van der Waals surface area (Å²) in [6.07, 6.45) is 1.62. The van der Waals surface area contributed by atoms with Crippen molar-refractivity contribution < 1.29 is 4.79 Å². The van der Waals surface area contributed by atoms with Gasteiger partial charge in [-0.3, -0.25) is 4.79 Å². The molecule has 0 aliphatic rings. The molecule has 0 unspecified atom stereocenters. The fourth-order valence-corrected chi connectivity index (χ4v) is 2.47. The topological polar surface area (TPSA) is 74.8 Å². The molecule has 0 aliphatic heterocycles. The molecule has 0 atom stereocenters. The molecule has 0 aliphatic carbocycles. The zero-order chi connectivity index (χ0) is 17.8. The van der Waals surface area contributed by atoms with Crippen molar-refractivity contribution in [3.63, 3.8) is 0 Å². The minimum Gasteiger partial charge on any atom is -0.336 e. The lowest BCUT2D eigenvalue weighted by Gasteiger charge is -2.15. The summed E-state index contributed by atoms with van der Waals surface area (Å²) in [5.41, 5.74) is 3.74. The number of rotatable bonds is 4. The molecule has 0 N–H and O–H groups in total. The third kappa shape index (κ3) is 3.72. The lowest BCUT2D eigenvalue weighted by molar-refractivity contribution is 0.0779. The molecule has 0 fully saturated rings. The second kappa shape index (κ2) is 6.97. The van der Waals surface area contributed by atoms with Crippen molar-refractivity contribution in [3.8, 4) is 11.8 Å². The zero-order valence-electron chi connectivity index (χ0n) is 14.0. The van der Waals surface area contributed by atoms with Crippen molar-refractivity contribution in [2.45, 2.75) is 13.5 Å². The van der Waals surface area contributed by atoms with E-state index in [9.17, 15) is 4.79 Å². The number of nitriles is 1. The van der Waals surface area contributed by atoms with Gasteiger partial charge < -0.3 is 4.90 Å². The molecule has 0 radical (unpaired) electrons. The van der Waals surface area contributed by atoms with E-state index >= 15 is 0 Å². The van der Waals surface area contributed by atoms with Gasteiger partial charge in [-0.15, -0.1) is 5.10 Å². The first-order valence-corrected chi connectivity index (χ1v) is 7.81. The Morgan fingerprint density at radius 2 is 2.00 bits per heavy atom. The summed E-state index contributed by atoms with van der Waals surface area (Å²) in [4.78, 5) is 14.1. The second-order valence-electron chi connectivity index (χ2n) is 5.86. The van der Waals surface area contributed by atoms with Gasteiger partial charge >= 0.3 is 0 Å². The first-order valence-electron chi connectivity index (χ1n) is 7.81. The monoisotopic (exact) mass is 331 g/mol. The molecule has 6 heteroatoms. The maximum Gasteiger partial charge on any atom is 0.276 e. The van der Waals surface area contributed by atoms with Gasteiger partial charge in [-0.25, -0.2) is 4.68 Å². The average molecular weight is 331 g/mol. The third-order valence-corrected chi connectivity index (χ3v) is 3.83. The number of carbonyl (C=O) groups excluding carboxylic acids is 1. The van der Waals surface area contributed by atoms with Gasteiger partial charge in [-0.1, -0.05) is 35.0 Å². The van der Waals surface area contributed by atoms with Crippen molar-refractivity contribution in [1.29, 1.82) is 5.26 Å². The van der Waals surface area contributed by atoms with Crippen LogP contribution in [0, 0.1) is 18.3 Å². The van der Waals surface area contributed by atoms with Crippen molar-refractivity contribution in [3.05, 3.63) is 77.1 Å². The van der Waals surface area contributed by atoms with E-state index in [2.05, 4.69) is 16.4 Å². The summed E-state index contributed by atoms with van der Waals surface area (Å²) in [7, 11) is 1.70. The number of hydrogen-bond donors (Lipinski definition) is 0. The highest BCUT2D eigenvalue weighted by Gasteiger charge is 2.16. The zero-order valence-corrected chi connectivity index (χ0v) is 14.0.